The number of aliphatic hydroxyl groups is 1. The van der Waals surface area contributed by atoms with Crippen LogP contribution in [0.15, 0.2) is 35.7 Å². The van der Waals surface area contributed by atoms with E-state index in [2.05, 4.69) is 37.0 Å². The molecule has 22 heavy (non-hydrogen) atoms. The number of carbonyl (C=O) groups excluding carboxylic acids is 1. The Bertz CT molecular complexity index is 655. The number of likely N-dealkylation sites (N-methyl/N-ethyl adjacent to an activating group) is 1. The van der Waals surface area contributed by atoms with Crippen LogP contribution in [0.1, 0.15) is 11.1 Å². The van der Waals surface area contributed by atoms with Gasteiger partial charge in [0.2, 0.25) is 5.91 Å². The quantitative estimate of drug-likeness (QED) is 0.828. The van der Waals surface area contributed by atoms with Gasteiger partial charge in [0.25, 0.3) is 0 Å². The normalized spacial score (nSPS) is 10.7. The Balaban J connectivity index is 2.13. The first-order chi connectivity index (χ1) is 10.5. The predicted molar refractivity (Wildman–Crippen MR) is 88.5 cm³/mol. The third-order valence-electron chi connectivity index (χ3n) is 3.42. The van der Waals surface area contributed by atoms with Crippen LogP contribution >= 0.6 is 11.8 Å². The van der Waals surface area contributed by atoms with E-state index < -0.39 is 0 Å². The third-order valence-corrected chi connectivity index (χ3v) is 4.37. The number of thioether (sulfide) groups is 1. The van der Waals surface area contributed by atoms with Crippen LogP contribution in [0, 0.1) is 13.8 Å². The number of imidazole rings is 1. The minimum atomic E-state index is -0.0238. The lowest BCUT2D eigenvalue weighted by atomic mass is 10.1. The summed E-state index contributed by atoms with van der Waals surface area (Å²) >= 11 is 1.40. The van der Waals surface area contributed by atoms with Crippen LogP contribution in [0.2, 0.25) is 0 Å². The fraction of sp³-hybridized carbons (Fsp3) is 0.375. The first-order valence-corrected chi connectivity index (χ1v) is 8.10. The van der Waals surface area contributed by atoms with Crippen LogP contribution in [0.4, 0.5) is 0 Å². The fourth-order valence-corrected chi connectivity index (χ4v) is 2.98. The minimum absolute atomic E-state index is 0.0189. The number of aliphatic hydroxyl groups excluding tert-OH is 1. The van der Waals surface area contributed by atoms with Crippen molar-refractivity contribution >= 4 is 17.7 Å². The molecule has 1 aromatic carbocycles. The van der Waals surface area contributed by atoms with E-state index in [1.807, 2.05) is 10.8 Å². The smallest absolute Gasteiger partial charge is 0.232 e. The average molecular weight is 319 g/mol. The summed E-state index contributed by atoms with van der Waals surface area (Å²) in [4.78, 5) is 17.8. The molecular weight excluding hydrogens is 298 g/mol. The maximum Gasteiger partial charge on any atom is 0.232 e. The largest absolute Gasteiger partial charge is 0.395 e. The van der Waals surface area contributed by atoms with E-state index in [4.69, 9.17) is 5.11 Å². The summed E-state index contributed by atoms with van der Waals surface area (Å²) in [5, 5.41) is 9.66. The maximum absolute atomic E-state index is 12.0. The monoisotopic (exact) mass is 319 g/mol. The van der Waals surface area contributed by atoms with Crippen molar-refractivity contribution in [3.63, 3.8) is 0 Å². The number of nitrogens with zero attached hydrogens (tertiary/aromatic N) is 3. The Morgan fingerprint density at radius 2 is 2.18 bits per heavy atom. The van der Waals surface area contributed by atoms with Gasteiger partial charge >= 0.3 is 0 Å². The van der Waals surface area contributed by atoms with Crippen molar-refractivity contribution in [2.75, 3.05) is 26.0 Å². The molecule has 2 rings (SSSR count). The maximum atomic E-state index is 12.0. The molecule has 2 aromatic rings. The summed E-state index contributed by atoms with van der Waals surface area (Å²) in [7, 11) is 1.69. The van der Waals surface area contributed by atoms with Crippen LogP contribution in [0.25, 0.3) is 5.69 Å². The Morgan fingerprint density at radius 1 is 1.41 bits per heavy atom. The van der Waals surface area contributed by atoms with E-state index >= 15 is 0 Å². The van der Waals surface area contributed by atoms with Gasteiger partial charge < -0.3 is 10.0 Å². The molecule has 0 bridgehead atoms. The first-order valence-electron chi connectivity index (χ1n) is 7.11. The number of carbonyl (C=O) groups is 1. The van der Waals surface area contributed by atoms with Gasteiger partial charge in [-0.15, -0.1) is 0 Å². The Kier molecular flexibility index (Phi) is 5.63. The summed E-state index contributed by atoms with van der Waals surface area (Å²) in [5.41, 5.74) is 3.43. The highest BCUT2D eigenvalue weighted by Gasteiger charge is 2.13. The van der Waals surface area contributed by atoms with Gasteiger partial charge in [-0.05, 0) is 31.0 Å². The van der Waals surface area contributed by atoms with E-state index in [9.17, 15) is 4.79 Å². The van der Waals surface area contributed by atoms with Crippen LogP contribution in [-0.2, 0) is 4.79 Å². The summed E-state index contributed by atoms with van der Waals surface area (Å²) in [5.74, 6) is 0.285. The van der Waals surface area contributed by atoms with Crippen molar-refractivity contribution in [2.45, 2.75) is 19.0 Å². The van der Waals surface area contributed by atoms with Gasteiger partial charge in [-0.25, -0.2) is 4.98 Å². The predicted octanol–water partition coefficient (Wildman–Crippen LogP) is 2.03. The zero-order valence-electron chi connectivity index (χ0n) is 13.1. The second kappa shape index (κ2) is 7.47. The molecule has 0 aliphatic carbocycles. The van der Waals surface area contributed by atoms with E-state index in [-0.39, 0.29) is 12.5 Å². The number of aryl methyl sites for hydroxylation is 2. The molecule has 0 saturated heterocycles. The van der Waals surface area contributed by atoms with Gasteiger partial charge in [0, 0.05) is 26.0 Å². The number of amides is 1. The summed E-state index contributed by atoms with van der Waals surface area (Å²) < 4.78 is 2.01. The fourth-order valence-electron chi connectivity index (χ4n) is 2.07. The van der Waals surface area contributed by atoms with Crippen molar-refractivity contribution in [3.05, 3.63) is 41.7 Å². The van der Waals surface area contributed by atoms with Crippen molar-refractivity contribution < 1.29 is 9.90 Å². The molecule has 0 fully saturated rings. The molecule has 0 unspecified atom stereocenters. The Morgan fingerprint density at radius 3 is 2.91 bits per heavy atom. The average Bonchev–Trinajstić information content (AvgIpc) is 2.95. The van der Waals surface area contributed by atoms with Gasteiger partial charge in [0.05, 0.1) is 18.0 Å². The van der Waals surface area contributed by atoms with E-state index in [0.29, 0.717) is 12.3 Å². The number of aromatic nitrogens is 2. The van der Waals surface area contributed by atoms with Gasteiger partial charge in [0.15, 0.2) is 5.16 Å². The summed E-state index contributed by atoms with van der Waals surface area (Å²) in [6.07, 6.45) is 3.65. The molecule has 0 aliphatic rings. The second-order valence-corrected chi connectivity index (χ2v) is 6.14. The topological polar surface area (TPSA) is 58.4 Å². The molecule has 0 spiro atoms. The molecule has 0 saturated carbocycles. The molecule has 118 valence electrons. The van der Waals surface area contributed by atoms with Crippen molar-refractivity contribution in [1.82, 2.24) is 14.5 Å². The molecule has 1 aromatic heterocycles. The van der Waals surface area contributed by atoms with Gasteiger partial charge in [-0.1, -0.05) is 23.9 Å². The van der Waals surface area contributed by atoms with Crippen LogP contribution in [0.3, 0.4) is 0 Å². The van der Waals surface area contributed by atoms with Crippen LogP contribution in [-0.4, -0.2) is 51.4 Å². The summed E-state index contributed by atoms with van der Waals surface area (Å²) in [6, 6.07) is 6.27. The van der Waals surface area contributed by atoms with Crippen molar-refractivity contribution in [3.8, 4) is 5.69 Å². The highest BCUT2D eigenvalue weighted by atomic mass is 32.2. The standard InChI is InChI=1S/C16H21N3O2S/c1-12-4-5-13(2)14(10-12)19-7-6-17-16(19)22-11-15(21)18(3)8-9-20/h4-7,10,20H,8-9,11H2,1-3H3. The summed E-state index contributed by atoms with van der Waals surface area (Å²) in [6.45, 7) is 4.44. The zero-order chi connectivity index (χ0) is 16.1. The number of hydrogen-bond acceptors (Lipinski definition) is 4. The van der Waals surface area contributed by atoms with E-state index in [1.54, 1.807) is 13.2 Å². The SMILES string of the molecule is Cc1ccc(C)c(-n2ccnc2SCC(=O)N(C)CCO)c1. The molecule has 1 amide bonds. The molecule has 1 N–H and O–H groups in total. The third kappa shape index (κ3) is 3.90. The molecule has 0 aliphatic heterocycles. The molecule has 5 nitrogen and oxygen atoms in total. The lowest BCUT2D eigenvalue weighted by Gasteiger charge is -2.15. The highest BCUT2D eigenvalue weighted by molar-refractivity contribution is 7.99. The lowest BCUT2D eigenvalue weighted by molar-refractivity contribution is -0.127. The van der Waals surface area contributed by atoms with Gasteiger partial charge in [0.1, 0.15) is 0 Å². The first kappa shape index (κ1) is 16.6. The molecule has 1 heterocycles. The molecule has 6 heteroatoms. The highest BCUT2D eigenvalue weighted by Crippen LogP contribution is 2.23. The molecule has 0 radical (unpaired) electrons. The van der Waals surface area contributed by atoms with E-state index in [0.717, 1.165) is 16.4 Å². The molecular formula is C16H21N3O2S. The number of rotatable bonds is 6. The van der Waals surface area contributed by atoms with Crippen molar-refractivity contribution in [1.29, 1.82) is 0 Å². The van der Waals surface area contributed by atoms with Crippen LogP contribution < -0.4 is 0 Å². The van der Waals surface area contributed by atoms with Gasteiger partial charge in [-0.3, -0.25) is 9.36 Å². The minimum Gasteiger partial charge on any atom is -0.395 e. The number of benzene rings is 1. The Hall–Kier alpha value is -1.79. The number of hydrogen-bond donors (Lipinski definition) is 1. The molecule has 0 atom stereocenters. The van der Waals surface area contributed by atoms with Crippen molar-refractivity contribution in [2.24, 2.45) is 0 Å². The zero-order valence-corrected chi connectivity index (χ0v) is 13.9. The van der Waals surface area contributed by atoms with Crippen LogP contribution in [0.5, 0.6) is 0 Å². The van der Waals surface area contributed by atoms with Gasteiger partial charge in [-0.2, -0.15) is 0 Å². The lowest BCUT2D eigenvalue weighted by Crippen LogP contribution is -2.30. The second-order valence-electron chi connectivity index (χ2n) is 5.20. The Labute approximate surface area is 135 Å². The van der Waals surface area contributed by atoms with E-state index in [1.165, 1.54) is 22.2 Å².